The Kier molecular flexibility index (Phi) is 4.13. The minimum absolute atomic E-state index is 0.630. The largest absolute Gasteiger partial charge is 0.386 e. The van der Waals surface area contributed by atoms with Crippen molar-refractivity contribution in [2.24, 2.45) is 0 Å². The summed E-state index contributed by atoms with van der Waals surface area (Å²) in [6.45, 7) is 1.94. The van der Waals surface area contributed by atoms with Crippen LogP contribution in [0.3, 0.4) is 0 Å². The van der Waals surface area contributed by atoms with E-state index in [0.29, 0.717) is 5.56 Å². The Morgan fingerprint density at radius 2 is 1.73 bits per heavy atom. The molecular formula is C10H13IO3S. The molecular weight excluding hydrogens is 327 g/mol. The van der Waals surface area contributed by atoms with Crippen LogP contribution in [0.25, 0.3) is 0 Å². The molecule has 0 fully saturated rings. The summed E-state index contributed by atoms with van der Waals surface area (Å²) < 4.78 is 21.7. The van der Waals surface area contributed by atoms with E-state index in [1.807, 2.05) is 19.1 Å². The first-order valence-electron chi connectivity index (χ1n) is 4.40. The first-order valence-corrected chi connectivity index (χ1v) is 7.60. The van der Waals surface area contributed by atoms with Gasteiger partial charge in [-0.05, 0) is 12.5 Å². The van der Waals surface area contributed by atoms with E-state index in [9.17, 15) is 13.5 Å². The lowest BCUT2D eigenvalue weighted by Crippen LogP contribution is -2.21. The second-order valence-electron chi connectivity index (χ2n) is 3.54. The van der Waals surface area contributed by atoms with Gasteiger partial charge in [0.2, 0.25) is 0 Å². The highest BCUT2D eigenvalue weighted by Crippen LogP contribution is 2.26. The standard InChI is InChI=1S/C10H13IO3S/c1-7-3-5-8(6-4-7)9(12)10(11)15(2,13)14/h3-6,9-10,12H,1-2H3/t9-,10+/m0/s1. The van der Waals surface area contributed by atoms with Crippen LogP contribution >= 0.6 is 22.6 Å². The molecule has 3 nitrogen and oxygen atoms in total. The lowest BCUT2D eigenvalue weighted by molar-refractivity contribution is 0.197. The van der Waals surface area contributed by atoms with E-state index in [-0.39, 0.29) is 0 Å². The zero-order chi connectivity index (χ0) is 11.6. The number of benzene rings is 1. The molecule has 1 rings (SSSR count). The van der Waals surface area contributed by atoms with Crippen LogP contribution in [0.5, 0.6) is 0 Å². The van der Waals surface area contributed by atoms with Crippen LogP contribution in [-0.2, 0) is 9.84 Å². The van der Waals surface area contributed by atoms with E-state index < -0.39 is 19.2 Å². The SMILES string of the molecule is Cc1ccc([C@H](O)[C@H](I)S(C)(=O)=O)cc1. The van der Waals surface area contributed by atoms with Crippen molar-refractivity contribution >= 4 is 32.4 Å². The van der Waals surface area contributed by atoms with E-state index >= 15 is 0 Å². The summed E-state index contributed by atoms with van der Waals surface area (Å²) in [5.41, 5.74) is 1.71. The molecule has 0 saturated heterocycles. The lowest BCUT2D eigenvalue weighted by Gasteiger charge is -2.16. The first-order chi connectivity index (χ1) is 6.82. The van der Waals surface area contributed by atoms with Crippen LogP contribution in [0.1, 0.15) is 17.2 Å². The van der Waals surface area contributed by atoms with Gasteiger partial charge in [-0.2, -0.15) is 0 Å². The second-order valence-corrected chi connectivity index (χ2v) is 7.89. The van der Waals surface area contributed by atoms with Gasteiger partial charge in [-0.3, -0.25) is 0 Å². The Bertz CT molecular complexity index is 424. The van der Waals surface area contributed by atoms with E-state index in [1.165, 1.54) is 0 Å². The monoisotopic (exact) mass is 340 g/mol. The van der Waals surface area contributed by atoms with Gasteiger partial charge in [-0.25, -0.2) is 8.42 Å². The van der Waals surface area contributed by atoms with E-state index in [0.717, 1.165) is 11.8 Å². The molecule has 0 radical (unpaired) electrons. The number of aliphatic hydroxyl groups excluding tert-OH is 1. The van der Waals surface area contributed by atoms with Crippen LogP contribution in [0.2, 0.25) is 0 Å². The van der Waals surface area contributed by atoms with Gasteiger partial charge in [-0.1, -0.05) is 52.4 Å². The Morgan fingerprint density at radius 3 is 2.13 bits per heavy atom. The van der Waals surface area contributed by atoms with Gasteiger partial charge in [0.05, 0.1) is 0 Å². The fourth-order valence-corrected chi connectivity index (χ4v) is 2.19. The van der Waals surface area contributed by atoms with Gasteiger partial charge in [0.1, 0.15) is 9.36 Å². The predicted octanol–water partition coefficient (Wildman–Crippen LogP) is 1.83. The van der Waals surface area contributed by atoms with Crippen LogP contribution in [-0.4, -0.2) is 23.0 Å². The van der Waals surface area contributed by atoms with Crippen molar-refractivity contribution in [3.8, 4) is 0 Å². The second kappa shape index (κ2) is 4.80. The molecule has 84 valence electrons. The number of rotatable bonds is 3. The number of halogens is 1. The molecule has 1 aromatic rings. The summed E-state index contributed by atoms with van der Waals surface area (Å²) in [4.78, 5) is 0. The maximum absolute atomic E-state index is 11.2. The molecule has 0 spiro atoms. The summed E-state index contributed by atoms with van der Waals surface area (Å²) in [5.74, 6) is 0. The Balaban J connectivity index is 2.95. The van der Waals surface area contributed by atoms with Crippen LogP contribution in [0.15, 0.2) is 24.3 Å². The summed E-state index contributed by atoms with van der Waals surface area (Å²) in [6, 6.07) is 7.20. The van der Waals surface area contributed by atoms with Crippen LogP contribution in [0.4, 0.5) is 0 Å². The highest BCUT2D eigenvalue weighted by atomic mass is 127. The van der Waals surface area contributed by atoms with Gasteiger partial charge < -0.3 is 5.11 Å². The molecule has 1 N–H and O–H groups in total. The molecule has 0 aliphatic carbocycles. The number of sulfone groups is 1. The minimum atomic E-state index is -3.22. The molecule has 0 aliphatic heterocycles. The van der Waals surface area contributed by atoms with Gasteiger partial charge in [-0.15, -0.1) is 0 Å². The average molecular weight is 340 g/mol. The molecule has 0 bridgehead atoms. The third-order valence-electron chi connectivity index (χ3n) is 2.08. The number of hydrogen-bond donors (Lipinski definition) is 1. The Morgan fingerprint density at radius 1 is 1.27 bits per heavy atom. The van der Waals surface area contributed by atoms with Crippen molar-refractivity contribution in [3.05, 3.63) is 35.4 Å². The van der Waals surface area contributed by atoms with E-state index in [2.05, 4.69) is 0 Å². The summed E-state index contributed by atoms with van der Waals surface area (Å²) in [5, 5.41) is 9.83. The third-order valence-corrected chi connectivity index (χ3v) is 6.60. The summed E-state index contributed by atoms with van der Waals surface area (Å²) in [7, 11) is -3.22. The quantitative estimate of drug-likeness (QED) is 0.675. The van der Waals surface area contributed by atoms with Crippen molar-refractivity contribution in [1.29, 1.82) is 0 Å². The summed E-state index contributed by atoms with van der Waals surface area (Å²) >= 11 is 1.75. The molecule has 0 aromatic heterocycles. The Labute approximate surface area is 104 Å². The number of hydrogen-bond acceptors (Lipinski definition) is 3. The number of aliphatic hydroxyl groups is 1. The number of alkyl halides is 1. The molecule has 2 atom stereocenters. The molecule has 0 amide bonds. The van der Waals surface area contributed by atoms with Crippen LogP contribution in [0, 0.1) is 6.92 Å². The van der Waals surface area contributed by atoms with Gasteiger partial charge in [0.25, 0.3) is 0 Å². The highest BCUT2D eigenvalue weighted by molar-refractivity contribution is 14.1. The highest BCUT2D eigenvalue weighted by Gasteiger charge is 2.26. The summed E-state index contributed by atoms with van der Waals surface area (Å²) in [6.07, 6.45) is 0.155. The molecule has 0 saturated carbocycles. The Hall–Kier alpha value is -0.140. The molecule has 0 heterocycles. The van der Waals surface area contributed by atoms with Crippen molar-refractivity contribution in [3.63, 3.8) is 0 Å². The van der Waals surface area contributed by atoms with Crippen molar-refractivity contribution < 1.29 is 13.5 Å². The number of aryl methyl sites for hydroxylation is 1. The van der Waals surface area contributed by atoms with Gasteiger partial charge >= 0.3 is 0 Å². The van der Waals surface area contributed by atoms with E-state index in [4.69, 9.17) is 0 Å². The zero-order valence-corrected chi connectivity index (χ0v) is 11.5. The molecule has 5 heteroatoms. The zero-order valence-electron chi connectivity index (χ0n) is 8.51. The fourth-order valence-electron chi connectivity index (χ4n) is 1.15. The molecule has 0 aliphatic rings. The molecule has 15 heavy (non-hydrogen) atoms. The molecule has 1 aromatic carbocycles. The normalized spacial score (nSPS) is 16.0. The van der Waals surface area contributed by atoms with Gasteiger partial charge in [0, 0.05) is 6.26 Å². The predicted molar refractivity (Wildman–Crippen MR) is 68.8 cm³/mol. The van der Waals surface area contributed by atoms with Gasteiger partial charge in [0.15, 0.2) is 9.84 Å². The van der Waals surface area contributed by atoms with Crippen molar-refractivity contribution in [1.82, 2.24) is 0 Å². The fraction of sp³-hybridized carbons (Fsp3) is 0.400. The van der Waals surface area contributed by atoms with Crippen LogP contribution < -0.4 is 0 Å². The lowest BCUT2D eigenvalue weighted by atomic mass is 10.1. The smallest absolute Gasteiger partial charge is 0.162 e. The first kappa shape index (κ1) is 12.9. The maximum Gasteiger partial charge on any atom is 0.162 e. The molecule has 0 unspecified atom stereocenters. The minimum Gasteiger partial charge on any atom is -0.386 e. The topological polar surface area (TPSA) is 54.4 Å². The van der Waals surface area contributed by atoms with Crippen molar-refractivity contribution in [2.45, 2.75) is 16.3 Å². The van der Waals surface area contributed by atoms with Crippen molar-refractivity contribution in [2.75, 3.05) is 6.26 Å². The third kappa shape index (κ3) is 3.42. The average Bonchev–Trinajstić information content (AvgIpc) is 2.15. The van der Waals surface area contributed by atoms with E-state index in [1.54, 1.807) is 34.7 Å². The maximum atomic E-state index is 11.2.